The molecular formula is C11H14B2F8FeO3. The van der Waals surface area contributed by atoms with Crippen LogP contribution in [0.3, 0.4) is 0 Å². The van der Waals surface area contributed by atoms with Crippen molar-refractivity contribution in [3.8, 4) is 0 Å². The Kier molecular flexibility index (Phi) is 46.3. The Morgan fingerprint density at radius 2 is 0.440 bits per heavy atom. The maximum absolute atomic E-state index is 9.75. The first-order valence-electron chi connectivity index (χ1n) is 5.28. The number of allylic oxidation sites excluding steroid dienone is 8. The summed E-state index contributed by atoms with van der Waals surface area (Å²) in [5, 5.41) is 0. The molecule has 146 valence electrons. The van der Waals surface area contributed by atoms with Crippen LogP contribution < -0.4 is 0 Å². The molecule has 0 bridgehead atoms. The van der Waals surface area contributed by atoms with Gasteiger partial charge in [0.25, 0.3) is 0 Å². The zero-order chi connectivity index (χ0) is 20.7. The third-order valence-corrected chi connectivity index (χ3v) is 0.889. The van der Waals surface area contributed by atoms with Gasteiger partial charge in [0, 0.05) is 0 Å². The molecule has 0 saturated heterocycles. The average Bonchev–Trinajstić information content (AvgIpc) is 2.41. The summed E-state index contributed by atoms with van der Waals surface area (Å²) in [7, 11) is -12.0. The molecule has 0 aromatic rings. The minimum Gasteiger partial charge on any atom is -0.418 e. The molecule has 0 radical (unpaired) electrons. The van der Waals surface area contributed by atoms with E-state index in [0.717, 1.165) is 0 Å². The second-order valence-electron chi connectivity index (χ2n) is 2.53. The second kappa shape index (κ2) is 30.0. The average molecular weight is 424 g/mol. The van der Waals surface area contributed by atoms with Gasteiger partial charge in [-0.05, 0) is 0 Å². The summed E-state index contributed by atoms with van der Waals surface area (Å²) in [5.41, 5.74) is 0. The molecule has 0 saturated carbocycles. The zero-order valence-corrected chi connectivity index (χ0v) is 13.6. The van der Waals surface area contributed by atoms with Crippen molar-refractivity contribution in [2.75, 3.05) is 0 Å². The molecule has 0 aliphatic heterocycles. The van der Waals surface area contributed by atoms with E-state index in [4.69, 9.17) is 14.4 Å². The SMILES string of the molecule is C1=C/C=C\C=C/C=C1.C=O.C=O.C=O.F[B-](F)(F)F.F[B-](F)(F)F.[Fe+2]. The summed E-state index contributed by atoms with van der Waals surface area (Å²) < 4.78 is 78.0. The smallest absolute Gasteiger partial charge is 0.418 e. The largest absolute Gasteiger partial charge is 2.00 e. The van der Waals surface area contributed by atoms with Crippen molar-refractivity contribution in [1.29, 1.82) is 0 Å². The fourth-order valence-electron chi connectivity index (χ4n) is 0.513. The molecule has 3 nitrogen and oxygen atoms in total. The Labute approximate surface area is 150 Å². The van der Waals surface area contributed by atoms with Crippen LogP contribution >= 0.6 is 0 Å². The van der Waals surface area contributed by atoms with Crippen LogP contribution in [0.25, 0.3) is 0 Å². The molecule has 0 amide bonds. The molecule has 0 aromatic heterocycles. The molecule has 25 heavy (non-hydrogen) atoms. The van der Waals surface area contributed by atoms with Gasteiger partial charge in [-0.25, -0.2) is 0 Å². The van der Waals surface area contributed by atoms with E-state index in [-0.39, 0.29) is 17.1 Å². The minimum absolute atomic E-state index is 0. The Morgan fingerprint density at radius 3 is 0.480 bits per heavy atom. The molecule has 0 heterocycles. The summed E-state index contributed by atoms with van der Waals surface area (Å²) in [6, 6.07) is 0. The van der Waals surface area contributed by atoms with E-state index in [1.807, 2.05) is 69.0 Å². The quantitative estimate of drug-likeness (QED) is 0.432. The van der Waals surface area contributed by atoms with Crippen molar-refractivity contribution in [2.24, 2.45) is 0 Å². The van der Waals surface area contributed by atoms with Crippen LogP contribution in [0, 0.1) is 0 Å². The van der Waals surface area contributed by atoms with Crippen molar-refractivity contribution in [2.45, 2.75) is 0 Å². The van der Waals surface area contributed by atoms with Crippen LogP contribution in [0.15, 0.2) is 48.6 Å². The van der Waals surface area contributed by atoms with Crippen LogP contribution in [0.4, 0.5) is 34.5 Å². The molecule has 1 aliphatic rings. The maximum atomic E-state index is 9.75. The van der Waals surface area contributed by atoms with E-state index in [2.05, 4.69) is 0 Å². The topological polar surface area (TPSA) is 51.2 Å². The molecule has 14 heteroatoms. The predicted octanol–water partition coefficient (Wildman–Crippen LogP) is 4.27. The van der Waals surface area contributed by atoms with Crippen molar-refractivity contribution in [3.63, 3.8) is 0 Å². The standard InChI is InChI=1S/C8H8.3CH2O.2BF4.Fe/c1-2-4-6-8-7-5-3-1;3*1-2;2*2-1(3,4)5;/h1-8H;3*1H2;;;/q;;;;2*-1;+2/b2-1-,3-1?,4-2?,5-3-,6-4?,7-5?,8-6?,8-7?;;;;;;. The number of carbonyl (C=O) groups is 3. The summed E-state index contributed by atoms with van der Waals surface area (Å²) in [6.45, 7) is 6.00. The Balaban J connectivity index is -0.0000000475. The number of hydrogen-bond acceptors (Lipinski definition) is 3. The molecule has 0 N–H and O–H groups in total. The third kappa shape index (κ3) is 242. The molecule has 1 rings (SSSR count). The van der Waals surface area contributed by atoms with Gasteiger partial charge >= 0.3 is 31.6 Å². The van der Waals surface area contributed by atoms with Crippen LogP contribution in [0.5, 0.6) is 0 Å². The van der Waals surface area contributed by atoms with Crippen molar-refractivity contribution in [3.05, 3.63) is 48.6 Å². The molecule has 1 aliphatic carbocycles. The van der Waals surface area contributed by atoms with E-state index in [0.29, 0.717) is 0 Å². The van der Waals surface area contributed by atoms with Gasteiger partial charge in [0.15, 0.2) is 0 Å². The van der Waals surface area contributed by atoms with Gasteiger partial charge in [0.1, 0.15) is 20.4 Å². The van der Waals surface area contributed by atoms with Crippen LogP contribution in [0.2, 0.25) is 0 Å². The molecule has 0 aromatic carbocycles. The number of carbonyl (C=O) groups excluding carboxylic acids is 3. The normalized spacial score (nSPS) is 13.0. The Bertz CT molecular complexity index is 287. The molecule has 0 atom stereocenters. The van der Waals surface area contributed by atoms with E-state index < -0.39 is 14.5 Å². The van der Waals surface area contributed by atoms with Gasteiger partial charge in [0.05, 0.1) is 0 Å². The fourth-order valence-corrected chi connectivity index (χ4v) is 0.513. The van der Waals surface area contributed by atoms with Crippen molar-refractivity contribution >= 4 is 34.9 Å². The molecular weight excluding hydrogens is 410 g/mol. The van der Waals surface area contributed by atoms with Gasteiger partial charge in [-0.1, -0.05) is 48.6 Å². The van der Waals surface area contributed by atoms with Gasteiger partial charge < -0.3 is 48.9 Å². The first-order chi connectivity index (χ1) is 11.0. The zero-order valence-electron chi connectivity index (χ0n) is 12.5. The molecule has 0 fully saturated rings. The first kappa shape index (κ1) is 38.6. The van der Waals surface area contributed by atoms with Gasteiger partial charge in [-0.2, -0.15) is 0 Å². The third-order valence-electron chi connectivity index (χ3n) is 0.889. The number of hydrogen-bond donors (Lipinski definition) is 0. The predicted molar refractivity (Wildman–Crippen MR) is 78.3 cm³/mol. The van der Waals surface area contributed by atoms with Crippen molar-refractivity contribution in [1.82, 2.24) is 0 Å². The monoisotopic (exact) mass is 424 g/mol. The van der Waals surface area contributed by atoms with Crippen LogP contribution in [-0.2, 0) is 31.5 Å². The van der Waals surface area contributed by atoms with Gasteiger partial charge in [0.2, 0.25) is 0 Å². The summed E-state index contributed by atoms with van der Waals surface area (Å²) in [4.78, 5) is 24.0. The summed E-state index contributed by atoms with van der Waals surface area (Å²) in [6.07, 6.45) is 16.0. The molecule has 0 spiro atoms. The van der Waals surface area contributed by atoms with E-state index in [9.17, 15) is 34.5 Å². The minimum atomic E-state index is -6.00. The van der Waals surface area contributed by atoms with Crippen molar-refractivity contribution < 1.29 is 66.0 Å². The summed E-state index contributed by atoms with van der Waals surface area (Å²) in [5.74, 6) is 0. The second-order valence-corrected chi connectivity index (χ2v) is 2.53. The number of halogens is 8. The fraction of sp³-hybridized carbons (Fsp3) is 0. The van der Waals surface area contributed by atoms with E-state index in [1.54, 1.807) is 0 Å². The Hall–Kier alpha value is -1.94. The van der Waals surface area contributed by atoms with Gasteiger partial charge in [-0.3, -0.25) is 0 Å². The number of rotatable bonds is 0. The Morgan fingerprint density at radius 1 is 0.400 bits per heavy atom. The van der Waals surface area contributed by atoms with Gasteiger partial charge in [-0.15, -0.1) is 0 Å². The maximum Gasteiger partial charge on any atom is 2.00 e. The molecule has 0 unspecified atom stereocenters. The van der Waals surface area contributed by atoms with E-state index >= 15 is 0 Å². The van der Waals surface area contributed by atoms with Crippen LogP contribution in [-0.4, -0.2) is 34.9 Å². The van der Waals surface area contributed by atoms with Crippen LogP contribution in [0.1, 0.15) is 0 Å². The first-order valence-corrected chi connectivity index (χ1v) is 5.28. The van der Waals surface area contributed by atoms with E-state index in [1.165, 1.54) is 0 Å². The summed E-state index contributed by atoms with van der Waals surface area (Å²) >= 11 is 0.